The lowest BCUT2D eigenvalue weighted by molar-refractivity contribution is 0.717. The van der Waals surface area contributed by atoms with Crippen LogP contribution < -0.4 is 0 Å². The zero-order valence-corrected chi connectivity index (χ0v) is 30.4. The minimum Gasteiger partial charge on any atom is -0.309 e. The van der Waals surface area contributed by atoms with E-state index in [2.05, 4.69) is 118 Å². The predicted octanol–water partition coefficient (Wildman–Crippen LogP) is 11.2. The van der Waals surface area contributed by atoms with E-state index in [4.69, 9.17) is 9.97 Å². The van der Waals surface area contributed by atoms with Crippen molar-refractivity contribution in [1.29, 1.82) is 10.5 Å². The third-order valence-electron chi connectivity index (χ3n) is 11.7. The molecule has 0 saturated carbocycles. The van der Waals surface area contributed by atoms with Crippen LogP contribution in [0.25, 0.3) is 66.4 Å². The number of hydrogen-bond acceptors (Lipinski definition) is 5. The van der Waals surface area contributed by atoms with Gasteiger partial charge in [0.2, 0.25) is 0 Å². The predicted molar refractivity (Wildman–Crippen MR) is 222 cm³/mol. The van der Waals surface area contributed by atoms with Crippen LogP contribution in [0.4, 0.5) is 0 Å². The van der Waals surface area contributed by atoms with Gasteiger partial charge in [-0.05, 0) is 119 Å². The molecule has 0 unspecified atom stereocenters. The molecule has 0 bridgehead atoms. The van der Waals surface area contributed by atoms with Gasteiger partial charge in [-0.25, -0.2) is 0 Å². The average molecular weight is 731 g/mol. The molecule has 2 aliphatic rings. The summed E-state index contributed by atoms with van der Waals surface area (Å²) in [6.45, 7) is 0. The van der Waals surface area contributed by atoms with Gasteiger partial charge in [0.25, 0.3) is 0 Å². The SMILES string of the molecule is N#Cc1ccc2c(c1)c1cc(C#N)ccc1n2-c1ccc2c(c1)C1(c3cc(-n4c5ccccc5c5ccccc54)ccc3S2)c2cccnc2-c2ncccc21. The van der Waals surface area contributed by atoms with Crippen LogP contribution in [-0.2, 0) is 5.41 Å². The Bertz CT molecular complexity index is 3280. The fraction of sp³-hybridized carbons (Fsp3) is 0.0204. The molecule has 10 aromatic rings. The van der Waals surface area contributed by atoms with E-state index in [1.807, 2.05) is 60.9 Å². The molecule has 258 valence electrons. The van der Waals surface area contributed by atoms with Crippen molar-refractivity contribution in [3.63, 3.8) is 0 Å². The Labute approximate surface area is 325 Å². The first-order chi connectivity index (χ1) is 27.7. The van der Waals surface area contributed by atoms with Gasteiger partial charge in [-0.2, -0.15) is 10.5 Å². The number of hydrogen-bond donors (Lipinski definition) is 0. The van der Waals surface area contributed by atoms with Crippen LogP contribution in [-0.4, -0.2) is 19.1 Å². The number of benzene rings is 6. The summed E-state index contributed by atoms with van der Waals surface area (Å²) in [4.78, 5) is 12.4. The van der Waals surface area contributed by atoms with Gasteiger partial charge in [0.05, 0.1) is 62.1 Å². The Balaban J connectivity index is 1.18. The quantitative estimate of drug-likeness (QED) is 0.177. The van der Waals surface area contributed by atoms with Gasteiger partial charge in [-0.3, -0.25) is 9.97 Å². The van der Waals surface area contributed by atoms with Crippen molar-refractivity contribution >= 4 is 55.4 Å². The highest BCUT2D eigenvalue weighted by Crippen LogP contribution is 2.62. The molecule has 0 amide bonds. The van der Waals surface area contributed by atoms with E-state index in [0.717, 1.165) is 77.2 Å². The summed E-state index contributed by atoms with van der Waals surface area (Å²) in [5, 5.41) is 24.0. The fourth-order valence-corrected chi connectivity index (χ4v) is 10.7. The van der Waals surface area contributed by atoms with Crippen molar-refractivity contribution < 1.29 is 0 Å². The monoisotopic (exact) mass is 730 g/mol. The molecule has 0 atom stereocenters. The molecule has 0 N–H and O–H groups in total. The van der Waals surface area contributed by atoms with E-state index in [-0.39, 0.29) is 0 Å². The lowest BCUT2D eigenvalue weighted by Gasteiger charge is -2.39. The molecule has 0 fully saturated rings. The molecule has 1 spiro atoms. The van der Waals surface area contributed by atoms with E-state index >= 15 is 0 Å². The summed E-state index contributed by atoms with van der Waals surface area (Å²) < 4.78 is 4.65. The van der Waals surface area contributed by atoms with Crippen LogP contribution >= 0.6 is 11.8 Å². The topological polar surface area (TPSA) is 83.2 Å². The minimum absolute atomic E-state index is 0.578. The smallest absolute Gasteiger partial charge is 0.0991 e. The largest absolute Gasteiger partial charge is 0.309 e. The highest BCUT2D eigenvalue weighted by atomic mass is 32.2. The Morgan fingerprint density at radius 1 is 0.446 bits per heavy atom. The van der Waals surface area contributed by atoms with E-state index in [1.165, 1.54) is 21.2 Å². The Kier molecular flexibility index (Phi) is 6.24. The number of rotatable bonds is 2. The van der Waals surface area contributed by atoms with Crippen molar-refractivity contribution in [1.82, 2.24) is 19.1 Å². The number of aromatic nitrogens is 4. The molecular weight excluding hydrogens is 705 g/mol. The van der Waals surface area contributed by atoms with Crippen LogP contribution in [0.1, 0.15) is 33.4 Å². The summed E-state index contributed by atoms with van der Waals surface area (Å²) in [5.74, 6) is 0. The average Bonchev–Trinajstić information content (AvgIpc) is 3.88. The molecule has 56 heavy (non-hydrogen) atoms. The normalized spacial score (nSPS) is 13.4. The second-order valence-electron chi connectivity index (χ2n) is 14.4. The maximum atomic E-state index is 9.85. The van der Waals surface area contributed by atoms with E-state index in [1.54, 1.807) is 11.8 Å². The van der Waals surface area contributed by atoms with E-state index in [0.29, 0.717) is 11.1 Å². The van der Waals surface area contributed by atoms with Crippen LogP contribution in [0, 0.1) is 22.7 Å². The molecule has 12 rings (SSSR count). The first-order valence-electron chi connectivity index (χ1n) is 18.4. The molecule has 7 heteroatoms. The second-order valence-corrected chi connectivity index (χ2v) is 15.5. The van der Waals surface area contributed by atoms with Crippen molar-refractivity contribution in [2.75, 3.05) is 0 Å². The van der Waals surface area contributed by atoms with E-state index in [9.17, 15) is 10.5 Å². The molecule has 5 heterocycles. The fourth-order valence-electron chi connectivity index (χ4n) is 9.50. The Morgan fingerprint density at radius 3 is 1.39 bits per heavy atom. The summed E-state index contributed by atoms with van der Waals surface area (Å²) in [7, 11) is 0. The third-order valence-corrected chi connectivity index (χ3v) is 12.9. The van der Waals surface area contributed by atoms with Crippen molar-refractivity contribution in [2.24, 2.45) is 0 Å². The summed E-state index contributed by atoms with van der Waals surface area (Å²) in [6, 6.07) is 55.8. The van der Waals surface area contributed by atoms with Gasteiger partial charge in [-0.15, -0.1) is 0 Å². The maximum absolute atomic E-state index is 9.85. The summed E-state index contributed by atoms with van der Waals surface area (Å²) in [6.07, 6.45) is 3.73. The molecule has 0 radical (unpaired) electrons. The second kappa shape index (κ2) is 11.3. The number of nitrogens with zero attached hydrogens (tertiary/aromatic N) is 6. The lowest BCUT2D eigenvalue weighted by atomic mass is 9.67. The van der Waals surface area contributed by atoms with Gasteiger partial charge < -0.3 is 9.13 Å². The third kappa shape index (κ3) is 3.94. The first kappa shape index (κ1) is 31.0. The van der Waals surface area contributed by atoms with Gasteiger partial charge in [-0.1, -0.05) is 60.3 Å². The van der Waals surface area contributed by atoms with Gasteiger partial charge in [0.1, 0.15) is 0 Å². The van der Waals surface area contributed by atoms with Gasteiger partial charge in [0.15, 0.2) is 0 Å². The molecule has 4 aromatic heterocycles. The standard InChI is InChI=1S/C49H26N6S/c50-27-29-13-17-43-35(23-29)36-24-30(28-51)14-18-44(36)55(43)32-16-20-46-40(26-32)49(37-9-5-21-52-47(37)48-38(49)10-6-22-53-48)39-25-31(15-19-45(39)56-46)54-41-11-3-1-7-33(41)34-8-2-4-12-42(34)54/h1-26H. The number of pyridine rings is 2. The summed E-state index contributed by atoms with van der Waals surface area (Å²) >= 11 is 1.80. The molecular formula is C49H26N6S. The van der Waals surface area contributed by atoms with Crippen molar-refractivity contribution in [2.45, 2.75) is 15.2 Å². The maximum Gasteiger partial charge on any atom is 0.0991 e. The summed E-state index contributed by atoms with van der Waals surface area (Å²) in [5.41, 5.74) is 13.1. The Hall–Kier alpha value is -7.45. The lowest BCUT2D eigenvalue weighted by Crippen LogP contribution is -2.32. The minimum atomic E-state index is -0.728. The molecule has 6 nitrogen and oxygen atoms in total. The number of para-hydroxylation sites is 2. The van der Waals surface area contributed by atoms with E-state index < -0.39 is 5.41 Å². The van der Waals surface area contributed by atoms with Crippen LogP contribution in [0.2, 0.25) is 0 Å². The molecule has 6 aromatic carbocycles. The molecule has 1 aliphatic carbocycles. The van der Waals surface area contributed by atoms with Gasteiger partial charge >= 0.3 is 0 Å². The first-order valence-corrected chi connectivity index (χ1v) is 19.2. The van der Waals surface area contributed by atoms with Crippen LogP contribution in [0.5, 0.6) is 0 Å². The van der Waals surface area contributed by atoms with Crippen LogP contribution in [0.15, 0.2) is 168 Å². The zero-order chi connectivity index (χ0) is 37.1. The highest BCUT2D eigenvalue weighted by Gasteiger charge is 2.52. The zero-order valence-electron chi connectivity index (χ0n) is 29.6. The van der Waals surface area contributed by atoms with Gasteiger partial charge in [0, 0.05) is 55.1 Å². The molecule has 1 aliphatic heterocycles. The Morgan fingerprint density at radius 2 is 0.911 bits per heavy atom. The van der Waals surface area contributed by atoms with Crippen LogP contribution in [0.3, 0.4) is 0 Å². The number of nitriles is 2. The van der Waals surface area contributed by atoms with Crippen molar-refractivity contribution in [3.8, 4) is 34.9 Å². The molecule has 0 saturated heterocycles. The number of fused-ring (bicyclic) bond motifs is 15. The highest BCUT2D eigenvalue weighted by molar-refractivity contribution is 7.99. The van der Waals surface area contributed by atoms with Crippen molar-refractivity contribution in [3.05, 3.63) is 191 Å².